The van der Waals surface area contributed by atoms with E-state index in [1.54, 1.807) is 29.5 Å². The summed E-state index contributed by atoms with van der Waals surface area (Å²) in [5, 5.41) is 0. The number of hydrogen-bond donors (Lipinski definition) is 1. The van der Waals surface area contributed by atoms with Crippen molar-refractivity contribution in [2.45, 2.75) is 25.4 Å². The van der Waals surface area contributed by atoms with E-state index in [0.717, 1.165) is 0 Å². The van der Waals surface area contributed by atoms with Crippen molar-refractivity contribution in [3.63, 3.8) is 0 Å². The summed E-state index contributed by atoms with van der Waals surface area (Å²) in [6.45, 7) is 1.36. The number of nitrogens with one attached hydrogen (secondary N) is 1. The first-order valence-electron chi connectivity index (χ1n) is 6.99. The van der Waals surface area contributed by atoms with Gasteiger partial charge in [0.1, 0.15) is 16.8 Å². The second kappa shape index (κ2) is 5.45. The molecule has 0 aliphatic carbocycles. The third-order valence-corrected chi connectivity index (χ3v) is 4.87. The second-order valence-corrected chi connectivity index (χ2v) is 7.04. The van der Waals surface area contributed by atoms with Crippen LogP contribution in [0.15, 0.2) is 23.0 Å². The highest BCUT2D eigenvalue weighted by molar-refractivity contribution is 7.90. The normalized spacial score (nSPS) is 13.3. The number of imidazole rings is 2. The molecule has 0 bridgehead atoms. The minimum absolute atomic E-state index is 0.0365. The monoisotopic (exact) mass is 362 g/mol. The maximum Gasteiger partial charge on any atom is 0.511 e. The minimum atomic E-state index is -5.37. The smallest absolute Gasteiger partial charge is 0.292 e. The van der Waals surface area contributed by atoms with Crippen molar-refractivity contribution in [1.82, 2.24) is 18.7 Å². The molecule has 0 aliphatic rings. The summed E-state index contributed by atoms with van der Waals surface area (Å²) in [4.78, 5) is 16.7. The van der Waals surface area contributed by atoms with E-state index in [-0.39, 0.29) is 18.5 Å². The molecule has 0 saturated carbocycles. The maximum atomic E-state index is 12.5. The molecule has 0 saturated heterocycles. The van der Waals surface area contributed by atoms with Crippen molar-refractivity contribution in [1.29, 1.82) is 0 Å². The largest absolute Gasteiger partial charge is 0.511 e. The minimum Gasteiger partial charge on any atom is -0.292 e. The number of aromatic nitrogens is 3. The van der Waals surface area contributed by atoms with Gasteiger partial charge in [0.05, 0.1) is 5.69 Å². The van der Waals surface area contributed by atoms with Crippen molar-refractivity contribution in [3.05, 3.63) is 34.2 Å². The lowest BCUT2D eigenvalue weighted by molar-refractivity contribution is -0.0447. The Morgan fingerprint density at radius 2 is 2.00 bits per heavy atom. The average Bonchev–Trinajstić information content (AvgIpc) is 2.95. The van der Waals surface area contributed by atoms with Gasteiger partial charge in [0.2, 0.25) is 0 Å². The van der Waals surface area contributed by atoms with Crippen LogP contribution in [0, 0.1) is 6.92 Å². The highest BCUT2D eigenvalue weighted by Crippen LogP contribution is 2.21. The summed E-state index contributed by atoms with van der Waals surface area (Å²) in [5.41, 5.74) is -3.51. The Morgan fingerprint density at radius 1 is 1.29 bits per heavy atom. The van der Waals surface area contributed by atoms with Crippen molar-refractivity contribution in [2.24, 2.45) is 0 Å². The van der Waals surface area contributed by atoms with Gasteiger partial charge in [-0.05, 0) is 25.5 Å². The molecule has 0 radical (unpaired) electrons. The van der Waals surface area contributed by atoms with Gasteiger partial charge in [-0.15, -0.1) is 0 Å². The summed E-state index contributed by atoms with van der Waals surface area (Å²) in [5.74, 6) is 0. The highest BCUT2D eigenvalue weighted by Gasteiger charge is 2.45. The Balaban J connectivity index is 1.81. The third kappa shape index (κ3) is 2.53. The van der Waals surface area contributed by atoms with Crippen molar-refractivity contribution >= 4 is 26.8 Å². The van der Waals surface area contributed by atoms with Gasteiger partial charge in [0.15, 0.2) is 0 Å². The molecule has 0 atom stereocenters. The standard InChI is InChI=1S/C13H13F3N4O3S/c1-8-11-12(21)19(10-5-2-4-9(18-8)20(10)11)7-3-6-17-24(22,23)13(14,15)16/h2,4-5,17H,3,6-7H2,1H3. The maximum absolute atomic E-state index is 12.5. The molecule has 24 heavy (non-hydrogen) atoms. The van der Waals surface area contributed by atoms with Gasteiger partial charge in [-0.25, -0.2) is 18.1 Å². The molecule has 0 aromatic carbocycles. The van der Waals surface area contributed by atoms with Crippen LogP contribution < -0.4 is 10.3 Å². The molecule has 3 aromatic rings. The Kier molecular flexibility index (Phi) is 3.79. The Morgan fingerprint density at radius 3 is 2.67 bits per heavy atom. The topological polar surface area (TPSA) is 85.5 Å². The molecule has 0 amide bonds. The van der Waals surface area contributed by atoms with E-state index < -0.39 is 22.1 Å². The second-order valence-electron chi connectivity index (χ2n) is 5.28. The van der Waals surface area contributed by atoms with Crippen LogP contribution in [-0.4, -0.2) is 34.4 Å². The zero-order valence-electron chi connectivity index (χ0n) is 12.5. The molecular formula is C13H13F3N4O3S. The Labute approximate surface area is 134 Å². The summed E-state index contributed by atoms with van der Waals surface area (Å²) in [7, 11) is -5.37. The highest BCUT2D eigenvalue weighted by atomic mass is 32.2. The van der Waals surface area contributed by atoms with E-state index in [1.165, 1.54) is 9.29 Å². The van der Waals surface area contributed by atoms with Crippen LogP contribution >= 0.6 is 0 Å². The van der Waals surface area contributed by atoms with Crippen LogP contribution in [0.4, 0.5) is 13.2 Å². The van der Waals surface area contributed by atoms with Gasteiger partial charge in [0.25, 0.3) is 5.56 Å². The van der Waals surface area contributed by atoms with E-state index in [0.29, 0.717) is 22.5 Å². The molecule has 0 fully saturated rings. The number of sulfonamides is 1. The van der Waals surface area contributed by atoms with Gasteiger partial charge < -0.3 is 0 Å². The fraction of sp³-hybridized carbons (Fsp3) is 0.385. The molecule has 7 nitrogen and oxygen atoms in total. The number of nitrogens with zero attached hydrogens (tertiary/aromatic N) is 3. The molecule has 1 N–H and O–H groups in total. The lowest BCUT2D eigenvalue weighted by Crippen LogP contribution is -2.37. The summed E-state index contributed by atoms with van der Waals surface area (Å²) in [6, 6.07) is 5.16. The fourth-order valence-corrected chi connectivity index (χ4v) is 3.20. The van der Waals surface area contributed by atoms with Crippen molar-refractivity contribution < 1.29 is 21.6 Å². The van der Waals surface area contributed by atoms with Crippen molar-refractivity contribution in [2.75, 3.05) is 6.54 Å². The first-order chi connectivity index (χ1) is 11.1. The van der Waals surface area contributed by atoms with E-state index in [1.807, 2.05) is 0 Å². The molecule has 3 aromatic heterocycles. The quantitative estimate of drug-likeness (QED) is 0.692. The van der Waals surface area contributed by atoms with Gasteiger partial charge in [-0.1, -0.05) is 6.07 Å². The van der Waals surface area contributed by atoms with Gasteiger partial charge in [-0.3, -0.25) is 13.8 Å². The fourth-order valence-electron chi connectivity index (χ4n) is 2.62. The SMILES string of the molecule is Cc1nc2cccc3n(CCCNS(=O)(=O)C(F)(F)F)c(=O)c1n23. The van der Waals surface area contributed by atoms with Gasteiger partial charge >= 0.3 is 15.5 Å². The van der Waals surface area contributed by atoms with Gasteiger partial charge in [-0.2, -0.15) is 13.2 Å². The van der Waals surface area contributed by atoms with Crippen LogP contribution in [0.25, 0.3) is 16.8 Å². The predicted molar refractivity (Wildman–Crippen MR) is 80.5 cm³/mol. The van der Waals surface area contributed by atoms with Crippen molar-refractivity contribution in [3.8, 4) is 0 Å². The molecule has 11 heteroatoms. The molecule has 3 rings (SSSR count). The van der Waals surface area contributed by atoms with E-state index in [2.05, 4.69) is 4.98 Å². The van der Waals surface area contributed by atoms with Crippen LogP contribution in [-0.2, 0) is 16.6 Å². The average molecular weight is 362 g/mol. The number of hydrogen-bond acceptors (Lipinski definition) is 4. The molecule has 0 spiro atoms. The molecule has 130 valence electrons. The third-order valence-electron chi connectivity index (χ3n) is 3.68. The first-order valence-corrected chi connectivity index (χ1v) is 8.47. The Bertz CT molecular complexity index is 1050. The number of pyridine rings is 1. The van der Waals surface area contributed by atoms with Gasteiger partial charge in [0, 0.05) is 13.1 Å². The zero-order valence-corrected chi connectivity index (χ0v) is 13.3. The van der Waals surface area contributed by atoms with Crippen LogP contribution in [0.1, 0.15) is 12.1 Å². The number of aryl methyl sites for hydroxylation is 2. The predicted octanol–water partition coefficient (Wildman–Crippen LogP) is 1.22. The lowest BCUT2D eigenvalue weighted by Gasteiger charge is -2.09. The van der Waals surface area contributed by atoms with E-state index in [4.69, 9.17) is 0 Å². The molecule has 0 unspecified atom stereocenters. The summed E-state index contributed by atoms with van der Waals surface area (Å²) < 4.78 is 63.1. The summed E-state index contributed by atoms with van der Waals surface area (Å²) in [6.07, 6.45) is 0.0365. The zero-order chi connectivity index (χ0) is 17.7. The molecule has 0 aliphatic heterocycles. The molecule has 3 heterocycles. The van der Waals surface area contributed by atoms with Crippen LogP contribution in [0.2, 0.25) is 0 Å². The number of alkyl halides is 3. The first kappa shape index (κ1) is 16.7. The Hall–Kier alpha value is -2.14. The number of rotatable bonds is 5. The lowest BCUT2D eigenvalue weighted by atomic mass is 10.4. The molecular weight excluding hydrogens is 349 g/mol. The summed E-state index contributed by atoms with van der Waals surface area (Å²) >= 11 is 0. The van der Waals surface area contributed by atoms with E-state index in [9.17, 15) is 26.4 Å². The van der Waals surface area contributed by atoms with Crippen LogP contribution in [0.5, 0.6) is 0 Å². The number of halogens is 3. The van der Waals surface area contributed by atoms with E-state index >= 15 is 0 Å². The van der Waals surface area contributed by atoms with Crippen LogP contribution in [0.3, 0.4) is 0 Å².